The molecule has 3 aliphatic heterocycles. The quantitative estimate of drug-likeness (QED) is 0.619. The number of hydrogen-bond acceptors (Lipinski definition) is 4. The maximum absolute atomic E-state index is 14.2. The first-order valence-corrected chi connectivity index (χ1v) is 11.6. The van der Waals surface area contributed by atoms with Gasteiger partial charge in [-0.05, 0) is 24.1 Å². The van der Waals surface area contributed by atoms with E-state index < -0.39 is 17.4 Å². The summed E-state index contributed by atoms with van der Waals surface area (Å²) in [7, 11) is 0. The Bertz CT molecular complexity index is 1290. The normalized spacial score (nSPS) is 27.6. The van der Waals surface area contributed by atoms with Crippen LogP contribution in [-0.4, -0.2) is 28.7 Å². The lowest BCUT2D eigenvalue weighted by molar-refractivity contribution is -0.143. The number of imide groups is 1. The number of benzene rings is 3. The molecule has 34 heavy (non-hydrogen) atoms. The van der Waals surface area contributed by atoms with E-state index in [2.05, 4.69) is 5.32 Å². The third kappa shape index (κ3) is 2.82. The molecule has 3 heterocycles. The fourth-order valence-electron chi connectivity index (χ4n) is 6.01. The smallest absolute Gasteiger partial charge is 0.253 e. The minimum Gasteiger partial charge on any atom is -0.306 e. The molecule has 1 spiro atoms. The fraction of sp³-hybridized carbons (Fsp3) is 0.250. The van der Waals surface area contributed by atoms with E-state index in [9.17, 15) is 14.4 Å². The molecule has 0 unspecified atom stereocenters. The van der Waals surface area contributed by atoms with E-state index in [0.29, 0.717) is 6.54 Å². The maximum atomic E-state index is 14.2. The molecule has 3 aliphatic rings. The minimum absolute atomic E-state index is 0.167. The van der Waals surface area contributed by atoms with Gasteiger partial charge in [0.2, 0.25) is 11.8 Å². The predicted molar refractivity (Wildman–Crippen MR) is 127 cm³/mol. The lowest BCUT2D eigenvalue weighted by atomic mass is 9.76. The Labute approximate surface area is 198 Å². The molecule has 6 rings (SSSR count). The van der Waals surface area contributed by atoms with Crippen molar-refractivity contribution in [2.75, 3.05) is 4.90 Å². The van der Waals surface area contributed by atoms with Gasteiger partial charge in [-0.1, -0.05) is 78.9 Å². The van der Waals surface area contributed by atoms with Crippen molar-refractivity contribution >= 4 is 23.4 Å². The predicted octanol–water partition coefficient (Wildman–Crippen LogP) is 3.22. The van der Waals surface area contributed by atoms with Crippen LogP contribution in [0.5, 0.6) is 0 Å². The van der Waals surface area contributed by atoms with Crippen molar-refractivity contribution in [3.05, 3.63) is 102 Å². The number of nitrogens with one attached hydrogen (secondary N) is 1. The molecule has 6 heteroatoms. The number of fused-ring (bicyclic) bond motifs is 4. The molecule has 2 saturated heterocycles. The molecule has 3 aromatic carbocycles. The summed E-state index contributed by atoms with van der Waals surface area (Å²) in [6.07, 6.45) is 0. The fourth-order valence-corrected chi connectivity index (χ4v) is 6.01. The Morgan fingerprint density at radius 3 is 1.94 bits per heavy atom. The lowest BCUT2D eigenvalue weighted by Gasteiger charge is -2.30. The summed E-state index contributed by atoms with van der Waals surface area (Å²) >= 11 is 0. The molecule has 0 aliphatic carbocycles. The number of carbonyl (C=O) groups is 3. The molecule has 1 N–H and O–H groups in total. The van der Waals surface area contributed by atoms with E-state index in [-0.39, 0.29) is 30.3 Å². The summed E-state index contributed by atoms with van der Waals surface area (Å²) in [4.78, 5) is 44.6. The highest BCUT2D eigenvalue weighted by molar-refractivity contribution is 6.16. The van der Waals surface area contributed by atoms with Crippen molar-refractivity contribution in [1.82, 2.24) is 10.2 Å². The van der Waals surface area contributed by atoms with Gasteiger partial charge in [-0.25, -0.2) is 0 Å². The van der Waals surface area contributed by atoms with Crippen LogP contribution >= 0.6 is 0 Å². The van der Waals surface area contributed by atoms with Crippen LogP contribution in [0.4, 0.5) is 5.69 Å². The van der Waals surface area contributed by atoms with E-state index in [4.69, 9.17) is 0 Å². The molecule has 0 aromatic heterocycles. The molecule has 6 nitrogen and oxygen atoms in total. The average Bonchev–Trinajstić information content (AvgIpc) is 3.40. The van der Waals surface area contributed by atoms with E-state index in [1.54, 1.807) is 4.90 Å². The van der Waals surface area contributed by atoms with Crippen molar-refractivity contribution in [2.24, 2.45) is 11.8 Å². The van der Waals surface area contributed by atoms with E-state index in [0.717, 1.165) is 22.4 Å². The van der Waals surface area contributed by atoms with E-state index >= 15 is 0 Å². The van der Waals surface area contributed by atoms with Crippen LogP contribution in [0.3, 0.4) is 0 Å². The van der Waals surface area contributed by atoms with Gasteiger partial charge in [0, 0.05) is 17.3 Å². The molecule has 4 atom stereocenters. The van der Waals surface area contributed by atoms with Crippen LogP contribution in [0, 0.1) is 11.8 Å². The zero-order valence-electron chi connectivity index (χ0n) is 18.8. The van der Waals surface area contributed by atoms with Crippen molar-refractivity contribution in [3.63, 3.8) is 0 Å². The summed E-state index contributed by atoms with van der Waals surface area (Å²) in [5.41, 5.74) is 2.22. The molecule has 3 amide bonds. The Morgan fingerprint density at radius 2 is 1.29 bits per heavy atom. The zero-order chi connectivity index (χ0) is 23.4. The van der Waals surface area contributed by atoms with Crippen LogP contribution in [0.1, 0.15) is 23.6 Å². The molecular weight excluding hydrogens is 426 g/mol. The summed E-state index contributed by atoms with van der Waals surface area (Å²) in [5, 5.41) is 3.44. The number of hydrogen-bond donors (Lipinski definition) is 1. The van der Waals surface area contributed by atoms with Crippen LogP contribution in [0.15, 0.2) is 84.9 Å². The highest BCUT2D eigenvalue weighted by atomic mass is 16.2. The van der Waals surface area contributed by atoms with Gasteiger partial charge in [-0.3, -0.25) is 24.6 Å². The van der Waals surface area contributed by atoms with Crippen LogP contribution < -0.4 is 10.2 Å². The van der Waals surface area contributed by atoms with Gasteiger partial charge < -0.3 is 4.90 Å². The zero-order valence-corrected chi connectivity index (χ0v) is 18.8. The van der Waals surface area contributed by atoms with Crippen LogP contribution in [0.2, 0.25) is 0 Å². The second-order valence-electron chi connectivity index (χ2n) is 9.39. The molecule has 170 valence electrons. The highest BCUT2D eigenvalue weighted by Crippen LogP contribution is 2.54. The highest BCUT2D eigenvalue weighted by Gasteiger charge is 2.70. The van der Waals surface area contributed by atoms with Crippen molar-refractivity contribution < 1.29 is 14.4 Å². The number of likely N-dealkylation sites (tertiary alicyclic amines) is 1. The first kappa shape index (κ1) is 20.8. The summed E-state index contributed by atoms with van der Waals surface area (Å²) < 4.78 is 0. The second-order valence-corrected chi connectivity index (χ2v) is 9.39. The summed E-state index contributed by atoms with van der Waals surface area (Å²) in [5.74, 6) is -2.00. The SMILES string of the molecule is C[C@@H]1N[C@]2(C(=O)N(Cc3ccccc3)c3ccccc32)[C@H]2C(=O)N(Cc3ccccc3)C(=O)[C@@H]12. The molecule has 2 fully saturated rings. The second kappa shape index (κ2) is 7.64. The van der Waals surface area contributed by atoms with Crippen LogP contribution in [-0.2, 0) is 33.0 Å². The Hall–Kier alpha value is -3.77. The lowest BCUT2D eigenvalue weighted by Crippen LogP contribution is -2.54. The molecule has 0 saturated carbocycles. The molecule has 0 radical (unpaired) electrons. The first-order chi connectivity index (χ1) is 16.5. The van der Waals surface area contributed by atoms with E-state index in [1.165, 1.54) is 4.90 Å². The van der Waals surface area contributed by atoms with Gasteiger partial charge in [-0.15, -0.1) is 0 Å². The number of para-hydroxylation sites is 1. The Morgan fingerprint density at radius 1 is 0.735 bits per heavy atom. The average molecular weight is 452 g/mol. The largest absolute Gasteiger partial charge is 0.306 e. The maximum Gasteiger partial charge on any atom is 0.253 e. The molecular formula is C28H25N3O3. The molecule has 0 bridgehead atoms. The minimum atomic E-state index is -1.24. The third-order valence-corrected chi connectivity index (χ3v) is 7.47. The number of amides is 3. The molecule has 3 aromatic rings. The van der Waals surface area contributed by atoms with Gasteiger partial charge in [0.1, 0.15) is 5.54 Å². The van der Waals surface area contributed by atoms with Gasteiger partial charge >= 0.3 is 0 Å². The van der Waals surface area contributed by atoms with Crippen molar-refractivity contribution in [3.8, 4) is 0 Å². The third-order valence-electron chi connectivity index (χ3n) is 7.47. The first-order valence-electron chi connectivity index (χ1n) is 11.6. The van der Waals surface area contributed by atoms with E-state index in [1.807, 2.05) is 91.9 Å². The van der Waals surface area contributed by atoms with Gasteiger partial charge in [0.25, 0.3) is 5.91 Å². The van der Waals surface area contributed by atoms with Gasteiger partial charge in [-0.2, -0.15) is 0 Å². The number of nitrogens with zero attached hydrogens (tertiary/aromatic N) is 2. The van der Waals surface area contributed by atoms with Crippen molar-refractivity contribution in [2.45, 2.75) is 31.6 Å². The monoisotopic (exact) mass is 451 g/mol. The van der Waals surface area contributed by atoms with Crippen molar-refractivity contribution in [1.29, 1.82) is 0 Å². The van der Waals surface area contributed by atoms with Gasteiger partial charge in [0.15, 0.2) is 0 Å². The summed E-state index contributed by atoms with van der Waals surface area (Å²) in [6.45, 7) is 2.53. The van der Waals surface area contributed by atoms with Crippen LogP contribution in [0.25, 0.3) is 0 Å². The number of rotatable bonds is 4. The topological polar surface area (TPSA) is 69.7 Å². The van der Waals surface area contributed by atoms with Gasteiger partial charge in [0.05, 0.1) is 24.9 Å². The number of anilines is 1. The Kier molecular flexibility index (Phi) is 4.67. The summed E-state index contributed by atoms with van der Waals surface area (Å²) in [6, 6.07) is 26.6. The number of carbonyl (C=O) groups excluding carboxylic acids is 3. The Balaban J connectivity index is 1.42. The standard InChI is InChI=1S/C28H25N3O3/c1-18-23-24(26(33)31(25(23)32)17-20-12-6-3-7-13-20)28(29-18)21-14-8-9-15-22(21)30(27(28)34)16-19-10-4-2-5-11-19/h2-15,18,23-24,29H,16-17H2,1H3/t18-,23-,24+,28-/m0/s1.